The standard InChI is InChI=1S/C17H27N5O6/c1-3-9(2)14(16(26)21-12(17(27)28)4-5-13(23)24)22-15(25)11(18)6-10-7-19-8-20-10/h7-9,11-12,14H,3-6,18H2,1-2H3,(H,19,20)(H,21,26)(H,22,25)(H,23,24)(H,27,28). The van der Waals surface area contributed by atoms with E-state index in [0.29, 0.717) is 12.1 Å². The van der Waals surface area contributed by atoms with E-state index in [0.717, 1.165) is 0 Å². The smallest absolute Gasteiger partial charge is 0.326 e. The predicted octanol–water partition coefficient (Wildman–Crippen LogP) is -0.755. The van der Waals surface area contributed by atoms with Gasteiger partial charge in [0.2, 0.25) is 11.8 Å². The van der Waals surface area contributed by atoms with E-state index in [9.17, 15) is 24.3 Å². The summed E-state index contributed by atoms with van der Waals surface area (Å²) >= 11 is 0. The zero-order chi connectivity index (χ0) is 21.3. The van der Waals surface area contributed by atoms with Crippen LogP contribution in [0.3, 0.4) is 0 Å². The number of carboxylic acids is 2. The number of carbonyl (C=O) groups is 4. The first-order valence-corrected chi connectivity index (χ1v) is 8.93. The number of H-pyrrole nitrogens is 1. The summed E-state index contributed by atoms with van der Waals surface area (Å²) in [6, 6.07) is -3.30. The molecule has 1 rings (SSSR count). The average Bonchev–Trinajstić information content (AvgIpc) is 3.14. The summed E-state index contributed by atoms with van der Waals surface area (Å²) < 4.78 is 0. The van der Waals surface area contributed by atoms with Crippen LogP contribution in [0.4, 0.5) is 0 Å². The summed E-state index contributed by atoms with van der Waals surface area (Å²) in [6.07, 6.45) is 3.05. The molecule has 0 fully saturated rings. The van der Waals surface area contributed by atoms with Crippen molar-refractivity contribution >= 4 is 23.8 Å². The zero-order valence-electron chi connectivity index (χ0n) is 15.8. The number of rotatable bonds is 12. The topological polar surface area (TPSA) is 187 Å². The highest BCUT2D eigenvalue weighted by Crippen LogP contribution is 2.10. The molecule has 2 amide bonds. The Morgan fingerprint density at radius 3 is 2.39 bits per heavy atom. The molecule has 0 saturated carbocycles. The second-order valence-corrected chi connectivity index (χ2v) is 6.59. The minimum Gasteiger partial charge on any atom is -0.481 e. The maximum atomic E-state index is 12.6. The fourth-order valence-corrected chi connectivity index (χ4v) is 2.47. The third-order valence-corrected chi connectivity index (χ3v) is 4.39. The van der Waals surface area contributed by atoms with Crippen LogP contribution >= 0.6 is 0 Å². The molecule has 11 nitrogen and oxygen atoms in total. The van der Waals surface area contributed by atoms with E-state index in [-0.39, 0.29) is 18.8 Å². The Labute approximate surface area is 162 Å². The largest absolute Gasteiger partial charge is 0.481 e. The normalized spacial score (nSPS) is 15.1. The lowest BCUT2D eigenvalue weighted by Crippen LogP contribution is -2.57. The Bertz CT molecular complexity index is 678. The van der Waals surface area contributed by atoms with Crippen molar-refractivity contribution in [1.82, 2.24) is 20.6 Å². The number of nitrogens with zero attached hydrogens (tertiary/aromatic N) is 1. The van der Waals surface area contributed by atoms with Crippen LogP contribution in [0, 0.1) is 5.92 Å². The summed E-state index contributed by atoms with van der Waals surface area (Å²) in [5.41, 5.74) is 6.54. The van der Waals surface area contributed by atoms with E-state index in [4.69, 9.17) is 10.8 Å². The highest BCUT2D eigenvalue weighted by molar-refractivity contribution is 5.92. The molecular formula is C17H27N5O6. The zero-order valence-corrected chi connectivity index (χ0v) is 15.8. The molecule has 4 atom stereocenters. The van der Waals surface area contributed by atoms with Crippen molar-refractivity contribution in [3.8, 4) is 0 Å². The predicted molar refractivity (Wildman–Crippen MR) is 98.1 cm³/mol. The quantitative estimate of drug-likeness (QED) is 0.265. The van der Waals surface area contributed by atoms with E-state index in [2.05, 4.69) is 20.6 Å². The molecule has 156 valence electrons. The molecule has 0 radical (unpaired) electrons. The fourth-order valence-electron chi connectivity index (χ4n) is 2.47. The van der Waals surface area contributed by atoms with Gasteiger partial charge in [-0.25, -0.2) is 9.78 Å². The van der Waals surface area contributed by atoms with Crippen LogP contribution in [0.15, 0.2) is 12.5 Å². The van der Waals surface area contributed by atoms with Gasteiger partial charge in [0.25, 0.3) is 0 Å². The maximum absolute atomic E-state index is 12.6. The van der Waals surface area contributed by atoms with Crippen molar-refractivity contribution in [2.75, 3.05) is 0 Å². The maximum Gasteiger partial charge on any atom is 0.326 e. The molecule has 0 bridgehead atoms. The highest BCUT2D eigenvalue weighted by atomic mass is 16.4. The van der Waals surface area contributed by atoms with Gasteiger partial charge in [-0.3, -0.25) is 14.4 Å². The molecule has 28 heavy (non-hydrogen) atoms. The van der Waals surface area contributed by atoms with Crippen LogP contribution in [0.5, 0.6) is 0 Å². The van der Waals surface area contributed by atoms with Gasteiger partial charge in [0, 0.05) is 24.7 Å². The summed E-state index contributed by atoms with van der Waals surface area (Å²) in [6.45, 7) is 3.55. The fraction of sp³-hybridized carbons (Fsp3) is 0.588. The average molecular weight is 397 g/mol. The Kier molecular flexibility index (Phi) is 9.09. The van der Waals surface area contributed by atoms with Crippen molar-refractivity contribution in [1.29, 1.82) is 0 Å². The van der Waals surface area contributed by atoms with Gasteiger partial charge in [0.15, 0.2) is 0 Å². The number of aliphatic carboxylic acids is 2. The van der Waals surface area contributed by atoms with Crippen molar-refractivity contribution in [2.45, 2.75) is 57.7 Å². The van der Waals surface area contributed by atoms with Gasteiger partial charge in [-0.15, -0.1) is 0 Å². The highest BCUT2D eigenvalue weighted by Gasteiger charge is 2.31. The van der Waals surface area contributed by atoms with Crippen LogP contribution in [0.2, 0.25) is 0 Å². The van der Waals surface area contributed by atoms with Gasteiger partial charge in [-0.05, 0) is 12.3 Å². The second-order valence-electron chi connectivity index (χ2n) is 6.59. The SMILES string of the molecule is CCC(C)C(NC(=O)C(N)Cc1cnc[nH]1)C(=O)NC(CCC(=O)O)C(=O)O. The molecule has 0 saturated heterocycles. The molecule has 1 aromatic heterocycles. The summed E-state index contributed by atoms with van der Waals surface area (Å²) in [5, 5.41) is 22.8. The van der Waals surface area contributed by atoms with E-state index in [1.165, 1.54) is 12.5 Å². The number of amides is 2. The number of aromatic amines is 1. The van der Waals surface area contributed by atoms with E-state index >= 15 is 0 Å². The molecular weight excluding hydrogens is 370 g/mol. The van der Waals surface area contributed by atoms with Crippen LogP contribution in [0.1, 0.15) is 38.8 Å². The number of nitrogens with two attached hydrogens (primary N) is 1. The van der Waals surface area contributed by atoms with Crippen molar-refractivity contribution in [2.24, 2.45) is 11.7 Å². The first-order chi connectivity index (χ1) is 13.1. The number of imidazole rings is 1. The molecule has 0 aromatic carbocycles. The number of nitrogens with one attached hydrogen (secondary N) is 3. The van der Waals surface area contributed by atoms with Gasteiger partial charge in [0.1, 0.15) is 12.1 Å². The van der Waals surface area contributed by atoms with Gasteiger partial charge >= 0.3 is 11.9 Å². The van der Waals surface area contributed by atoms with Crippen molar-refractivity contribution < 1.29 is 29.4 Å². The molecule has 0 spiro atoms. The molecule has 7 N–H and O–H groups in total. The first-order valence-electron chi connectivity index (χ1n) is 8.93. The number of hydrogen-bond acceptors (Lipinski definition) is 6. The third kappa shape index (κ3) is 7.35. The number of aromatic nitrogens is 2. The van der Waals surface area contributed by atoms with Crippen LogP contribution in [-0.2, 0) is 25.6 Å². The Morgan fingerprint density at radius 1 is 1.21 bits per heavy atom. The van der Waals surface area contributed by atoms with Crippen LogP contribution < -0.4 is 16.4 Å². The molecule has 0 aliphatic rings. The molecule has 1 aromatic rings. The lowest BCUT2D eigenvalue weighted by Gasteiger charge is -2.26. The van der Waals surface area contributed by atoms with E-state index in [1.54, 1.807) is 6.92 Å². The molecule has 1 heterocycles. The van der Waals surface area contributed by atoms with Gasteiger partial charge in [0.05, 0.1) is 12.4 Å². The summed E-state index contributed by atoms with van der Waals surface area (Å²) in [7, 11) is 0. The second kappa shape index (κ2) is 11.0. The van der Waals surface area contributed by atoms with Crippen LogP contribution in [0.25, 0.3) is 0 Å². The monoisotopic (exact) mass is 397 g/mol. The van der Waals surface area contributed by atoms with Gasteiger partial charge in [-0.2, -0.15) is 0 Å². The number of carbonyl (C=O) groups excluding carboxylic acids is 2. The molecule has 0 aliphatic heterocycles. The lowest BCUT2D eigenvalue weighted by molar-refractivity contribution is -0.143. The lowest BCUT2D eigenvalue weighted by atomic mass is 9.97. The number of carboxylic acid groups (broad SMARTS) is 2. The Morgan fingerprint density at radius 2 is 1.89 bits per heavy atom. The van der Waals surface area contributed by atoms with Gasteiger partial charge < -0.3 is 31.6 Å². The molecule has 11 heteroatoms. The molecule has 4 unspecified atom stereocenters. The van der Waals surface area contributed by atoms with E-state index in [1.807, 2.05) is 6.92 Å². The minimum absolute atomic E-state index is 0.192. The molecule has 0 aliphatic carbocycles. The van der Waals surface area contributed by atoms with Gasteiger partial charge in [-0.1, -0.05) is 20.3 Å². The van der Waals surface area contributed by atoms with Crippen LogP contribution in [-0.4, -0.2) is 62.1 Å². The van der Waals surface area contributed by atoms with E-state index < -0.39 is 48.3 Å². The van der Waals surface area contributed by atoms with Crippen molar-refractivity contribution in [3.63, 3.8) is 0 Å². The Hall–Kier alpha value is -2.95. The number of hydrogen-bond donors (Lipinski definition) is 6. The minimum atomic E-state index is -1.37. The first kappa shape index (κ1) is 23.1. The summed E-state index contributed by atoms with van der Waals surface area (Å²) in [4.78, 5) is 53.6. The Balaban J connectivity index is 2.79. The van der Waals surface area contributed by atoms with Crippen molar-refractivity contribution in [3.05, 3.63) is 18.2 Å². The third-order valence-electron chi connectivity index (χ3n) is 4.39. The summed E-state index contributed by atoms with van der Waals surface area (Å²) in [5.74, 6) is -4.07.